The first kappa shape index (κ1) is 12.0. The van der Waals surface area contributed by atoms with E-state index in [0.29, 0.717) is 0 Å². The molecule has 0 unspecified atom stereocenters. The van der Waals surface area contributed by atoms with E-state index in [-0.39, 0.29) is 0 Å². The van der Waals surface area contributed by atoms with Gasteiger partial charge in [0.1, 0.15) is 11.0 Å². The number of benzene rings is 1. The molecule has 1 heterocycles. The van der Waals surface area contributed by atoms with Gasteiger partial charge in [-0.25, -0.2) is 0 Å². The predicted octanol–water partition coefficient (Wildman–Crippen LogP) is 4.15. The Morgan fingerprint density at radius 2 is 1.62 bits per heavy atom. The molecule has 5 heteroatoms. The highest BCUT2D eigenvalue weighted by Crippen LogP contribution is 2.27. The minimum atomic E-state index is 0.890. The Hall–Kier alpha value is -0.420. The molecule has 0 N–H and O–H groups in total. The first-order chi connectivity index (χ1) is 7.72. The van der Waals surface area contributed by atoms with Gasteiger partial charge in [-0.15, -0.1) is 0 Å². The highest BCUT2D eigenvalue weighted by Gasteiger charge is 2.09. The monoisotopic (exact) mass is 345 g/mol. The molecule has 0 saturated heterocycles. The molecule has 0 aliphatic carbocycles. The molecule has 86 valence electrons. The van der Waals surface area contributed by atoms with Gasteiger partial charge in [-0.1, -0.05) is 19.8 Å². The van der Waals surface area contributed by atoms with Crippen LogP contribution in [0.2, 0.25) is 0 Å². The molecule has 0 aliphatic heterocycles. The highest BCUT2D eigenvalue weighted by molar-refractivity contribution is 9.11. The molecule has 1 aromatic carbocycles. The Balaban J connectivity index is 2.29. The molecule has 0 atom stereocenters. The third-order valence-electron chi connectivity index (χ3n) is 2.45. The van der Waals surface area contributed by atoms with Crippen LogP contribution in [0.3, 0.4) is 0 Å². The number of aryl methyl sites for hydroxylation is 1. The van der Waals surface area contributed by atoms with E-state index >= 15 is 0 Å². The summed E-state index contributed by atoms with van der Waals surface area (Å²) in [4.78, 5) is 1.79. The van der Waals surface area contributed by atoms with Gasteiger partial charge >= 0.3 is 0 Å². The quantitative estimate of drug-likeness (QED) is 0.778. The predicted molar refractivity (Wildman–Crippen MR) is 72.5 cm³/mol. The van der Waals surface area contributed by atoms with Crippen molar-refractivity contribution in [3.63, 3.8) is 0 Å². The number of hydrogen-bond acceptors (Lipinski definition) is 2. The van der Waals surface area contributed by atoms with E-state index in [4.69, 9.17) is 0 Å². The summed E-state index contributed by atoms with van der Waals surface area (Å²) in [6.45, 7) is 3.08. The van der Waals surface area contributed by atoms with Gasteiger partial charge in [0.15, 0.2) is 0 Å². The Bertz CT molecular complexity index is 454. The van der Waals surface area contributed by atoms with Gasteiger partial charge in [-0.2, -0.15) is 15.0 Å². The maximum Gasteiger partial charge on any atom is 0.128 e. The van der Waals surface area contributed by atoms with Gasteiger partial charge in [0.25, 0.3) is 0 Å². The molecule has 0 spiro atoms. The fourth-order valence-electron chi connectivity index (χ4n) is 1.58. The van der Waals surface area contributed by atoms with Crippen LogP contribution in [-0.4, -0.2) is 15.0 Å². The van der Waals surface area contributed by atoms with Crippen molar-refractivity contribution in [2.45, 2.75) is 32.7 Å². The number of rotatable bonds is 4. The highest BCUT2D eigenvalue weighted by atomic mass is 79.9. The van der Waals surface area contributed by atoms with Gasteiger partial charge in [0.2, 0.25) is 0 Å². The Kier molecular flexibility index (Phi) is 3.97. The smallest absolute Gasteiger partial charge is 0.128 e. The van der Waals surface area contributed by atoms with E-state index in [1.807, 2.05) is 12.1 Å². The molecule has 0 aliphatic rings. The molecule has 0 fully saturated rings. The Morgan fingerprint density at radius 1 is 1.06 bits per heavy atom. The maximum atomic E-state index is 4.47. The second kappa shape index (κ2) is 5.27. The van der Waals surface area contributed by atoms with Gasteiger partial charge in [-0.3, -0.25) is 0 Å². The molecular weight excluding hydrogens is 334 g/mol. The van der Waals surface area contributed by atoms with Crippen LogP contribution >= 0.6 is 31.9 Å². The third kappa shape index (κ3) is 2.46. The van der Waals surface area contributed by atoms with Crippen molar-refractivity contribution in [2.24, 2.45) is 0 Å². The molecule has 2 rings (SSSR count). The number of hydrogen-bond donors (Lipinski definition) is 0. The van der Waals surface area contributed by atoms with Crippen LogP contribution in [0.25, 0.3) is 11.0 Å². The summed E-state index contributed by atoms with van der Waals surface area (Å²) in [5.41, 5.74) is 1.84. The third-order valence-corrected chi connectivity index (χ3v) is 3.73. The standard InChI is InChI=1S/C11H13Br2N3/c1-2-3-4-7-16-14-10-8(12)5-6-9(13)11(10)15-16/h5-6H,2-4,7H2,1H3. The minimum Gasteiger partial charge on any atom is -0.184 e. The van der Waals surface area contributed by atoms with Crippen molar-refractivity contribution < 1.29 is 0 Å². The van der Waals surface area contributed by atoms with E-state index in [1.54, 1.807) is 4.80 Å². The van der Waals surface area contributed by atoms with Crippen LogP contribution in [0.4, 0.5) is 0 Å². The number of unbranched alkanes of at least 4 members (excludes halogenated alkanes) is 2. The fourth-order valence-corrected chi connectivity index (χ4v) is 2.38. The summed E-state index contributed by atoms with van der Waals surface area (Å²) in [5.74, 6) is 0. The van der Waals surface area contributed by atoms with Crippen LogP contribution in [0, 0.1) is 0 Å². The van der Waals surface area contributed by atoms with Crippen molar-refractivity contribution in [2.75, 3.05) is 0 Å². The average molecular weight is 347 g/mol. The number of fused-ring (bicyclic) bond motifs is 1. The molecule has 1 aromatic heterocycles. The summed E-state index contributed by atoms with van der Waals surface area (Å²) in [7, 11) is 0. The second-order valence-corrected chi connectivity index (χ2v) is 5.44. The van der Waals surface area contributed by atoms with Crippen LogP contribution in [-0.2, 0) is 6.54 Å². The van der Waals surface area contributed by atoms with Gasteiger partial charge < -0.3 is 0 Å². The van der Waals surface area contributed by atoms with E-state index in [1.165, 1.54) is 12.8 Å². The van der Waals surface area contributed by atoms with Crippen LogP contribution in [0.15, 0.2) is 21.1 Å². The molecule has 16 heavy (non-hydrogen) atoms. The van der Waals surface area contributed by atoms with Crippen LogP contribution in [0.1, 0.15) is 26.2 Å². The zero-order valence-electron chi connectivity index (χ0n) is 9.08. The first-order valence-corrected chi connectivity index (χ1v) is 7.00. The van der Waals surface area contributed by atoms with E-state index < -0.39 is 0 Å². The normalized spacial score (nSPS) is 11.2. The van der Waals surface area contributed by atoms with Crippen molar-refractivity contribution in [3.8, 4) is 0 Å². The van der Waals surface area contributed by atoms with Crippen molar-refractivity contribution >= 4 is 42.9 Å². The lowest BCUT2D eigenvalue weighted by atomic mass is 10.2. The maximum absolute atomic E-state index is 4.47. The molecule has 0 amide bonds. The summed E-state index contributed by atoms with van der Waals surface area (Å²) < 4.78 is 1.99. The summed E-state index contributed by atoms with van der Waals surface area (Å²) in [6, 6.07) is 3.97. The summed E-state index contributed by atoms with van der Waals surface area (Å²) in [6.07, 6.45) is 3.57. The van der Waals surface area contributed by atoms with Crippen molar-refractivity contribution in [3.05, 3.63) is 21.1 Å². The largest absolute Gasteiger partial charge is 0.184 e. The lowest BCUT2D eigenvalue weighted by molar-refractivity contribution is 0.502. The fraction of sp³-hybridized carbons (Fsp3) is 0.455. The van der Waals surface area contributed by atoms with Crippen LogP contribution < -0.4 is 0 Å². The van der Waals surface area contributed by atoms with E-state index in [0.717, 1.165) is 32.9 Å². The van der Waals surface area contributed by atoms with Crippen molar-refractivity contribution in [1.29, 1.82) is 0 Å². The van der Waals surface area contributed by atoms with Gasteiger partial charge in [0.05, 0.1) is 6.54 Å². The Morgan fingerprint density at radius 3 is 2.12 bits per heavy atom. The molecule has 0 saturated carbocycles. The summed E-state index contributed by atoms with van der Waals surface area (Å²) in [5, 5.41) is 8.95. The first-order valence-electron chi connectivity index (χ1n) is 5.41. The molecule has 3 nitrogen and oxygen atoms in total. The average Bonchev–Trinajstić information content (AvgIpc) is 2.69. The van der Waals surface area contributed by atoms with Gasteiger partial charge in [-0.05, 0) is 50.4 Å². The van der Waals surface area contributed by atoms with E-state index in [2.05, 4.69) is 49.0 Å². The SMILES string of the molecule is CCCCCn1nc2c(Br)ccc(Br)c2n1. The number of nitrogens with zero attached hydrogens (tertiary/aromatic N) is 3. The van der Waals surface area contributed by atoms with Crippen LogP contribution in [0.5, 0.6) is 0 Å². The molecule has 2 aromatic rings. The molecular formula is C11H13Br2N3. The molecule has 0 bridgehead atoms. The lowest BCUT2D eigenvalue weighted by Crippen LogP contribution is -2.01. The number of halogens is 2. The second-order valence-electron chi connectivity index (χ2n) is 3.73. The lowest BCUT2D eigenvalue weighted by Gasteiger charge is -1.96. The minimum absolute atomic E-state index is 0.890. The topological polar surface area (TPSA) is 30.7 Å². The van der Waals surface area contributed by atoms with Gasteiger partial charge in [0, 0.05) is 8.95 Å². The number of aromatic nitrogens is 3. The van der Waals surface area contributed by atoms with Crippen molar-refractivity contribution in [1.82, 2.24) is 15.0 Å². The molecule has 0 radical (unpaired) electrons. The van der Waals surface area contributed by atoms with E-state index in [9.17, 15) is 0 Å². The zero-order valence-corrected chi connectivity index (χ0v) is 12.3. The zero-order chi connectivity index (χ0) is 11.5. The summed E-state index contributed by atoms with van der Waals surface area (Å²) >= 11 is 6.98. The Labute approximate surface area is 111 Å².